The van der Waals surface area contributed by atoms with E-state index in [2.05, 4.69) is 5.32 Å². The van der Waals surface area contributed by atoms with Crippen LogP contribution in [0.15, 0.2) is 54.6 Å². The highest BCUT2D eigenvalue weighted by molar-refractivity contribution is 5.87. The topological polar surface area (TPSA) is 72.2 Å². The molecule has 27 heavy (non-hydrogen) atoms. The number of amides is 2. The van der Waals surface area contributed by atoms with Crippen molar-refractivity contribution in [1.29, 1.82) is 0 Å². The lowest BCUT2D eigenvalue weighted by Gasteiger charge is -2.16. The second kappa shape index (κ2) is 9.21. The summed E-state index contributed by atoms with van der Waals surface area (Å²) >= 11 is 0. The molecule has 0 aliphatic heterocycles. The molecule has 4 nitrogen and oxygen atoms in total. The van der Waals surface area contributed by atoms with Gasteiger partial charge in [0.1, 0.15) is 6.04 Å². The molecule has 0 unspecified atom stereocenters. The van der Waals surface area contributed by atoms with Gasteiger partial charge in [0.05, 0.1) is 12.0 Å². The maximum absolute atomic E-state index is 12.7. The van der Waals surface area contributed by atoms with Crippen LogP contribution >= 0.6 is 0 Å². The third-order valence-corrected chi connectivity index (χ3v) is 4.10. The van der Waals surface area contributed by atoms with Crippen molar-refractivity contribution in [1.82, 2.24) is 5.32 Å². The molecule has 0 bridgehead atoms. The molecule has 0 heterocycles. The van der Waals surface area contributed by atoms with Crippen LogP contribution in [0.4, 0.5) is 13.2 Å². The van der Waals surface area contributed by atoms with Crippen LogP contribution in [-0.2, 0) is 28.6 Å². The highest BCUT2D eigenvalue weighted by Crippen LogP contribution is 2.29. The third kappa shape index (κ3) is 6.77. The molecule has 3 N–H and O–H groups in total. The molecule has 2 aromatic carbocycles. The summed E-state index contributed by atoms with van der Waals surface area (Å²) in [5.41, 5.74) is 5.84. The molecule has 0 aliphatic carbocycles. The normalized spacial score (nSPS) is 12.4. The molecule has 0 aromatic heterocycles. The average Bonchev–Trinajstić information content (AvgIpc) is 2.61. The minimum absolute atomic E-state index is 0.217. The van der Waals surface area contributed by atoms with Crippen molar-refractivity contribution < 1.29 is 22.8 Å². The number of carbonyl (C=O) groups is 2. The summed E-state index contributed by atoms with van der Waals surface area (Å²) in [7, 11) is 0. The Balaban J connectivity index is 1.90. The summed E-state index contributed by atoms with van der Waals surface area (Å²) in [5.74, 6) is -1.21. The lowest BCUT2D eigenvalue weighted by atomic mass is 10.0. The first kappa shape index (κ1) is 20.5. The number of aryl methyl sites for hydroxylation is 1. The molecule has 144 valence electrons. The van der Waals surface area contributed by atoms with E-state index < -0.39 is 29.6 Å². The quantitative estimate of drug-likeness (QED) is 0.740. The summed E-state index contributed by atoms with van der Waals surface area (Å²) in [5, 5.41) is 2.51. The van der Waals surface area contributed by atoms with E-state index in [1.165, 1.54) is 12.1 Å². The van der Waals surface area contributed by atoms with E-state index >= 15 is 0 Å². The molecule has 0 aliphatic rings. The Morgan fingerprint density at radius 1 is 1.00 bits per heavy atom. The maximum Gasteiger partial charge on any atom is 0.416 e. The molecule has 7 heteroatoms. The van der Waals surface area contributed by atoms with Crippen LogP contribution in [0.2, 0.25) is 0 Å². The van der Waals surface area contributed by atoms with Gasteiger partial charge < -0.3 is 11.1 Å². The van der Waals surface area contributed by atoms with Gasteiger partial charge in [0.15, 0.2) is 0 Å². The van der Waals surface area contributed by atoms with Crippen LogP contribution < -0.4 is 11.1 Å². The number of halogens is 3. The number of benzene rings is 2. The zero-order chi connectivity index (χ0) is 19.9. The van der Waals surface area contributed by atoms with Gasteiger partial charge >= 0.3 is 6.18 Å². The number of carbonyl (C=O) groups excluding carboxylic acids is 2. The van der Waals surface area contributed by atoms with Crippen molar-refractivity contribution >= 4 is 11.8 Å². The first-order valence-electron chi connectivity index (χ1n) is 8.54. The summed E-state index contributed by atoms with van der Waals surface area (Å²) in [6.07, 6.45) is -3.00. The van der Waals surface area contributed by atoms with Gasteiger partial charge in [0.25, 0.3) is 0 Å². The molecule has 0 spiro atoms. The summed E-state index contributed by atoms with van der Waals surface area (Å²) < 4.78 is 38.2. The van der Waals surface area contributed by atoms with E-state index in [4.69, 9.17) is 5.73 Å². The fourth-order valence-corrected chi connectivity index (χ4v) is 2.73. The molecule has 0 fully saturated rings. The van der Waals surface area contributed by atoms with Crippen molar-refractivity contribution in [2.24, 2.45) is 5.73 Å². The molecular weight excluding hydrogens is 357 g/mol. The number of nitrogens with two attached hydrogens (primary N) is 1. The van der Waals surface area contributed by atoms with Gasteiger partial charge in [-0.1, -0.05) is 48.5 Å². The summed E-state index contributed by atoms with van der Waals surface area (Å²) in [6, 6.07) is 13.4. The van der Waals surface area contributed by atoms with E-state index in [0.717, 1.165) is 24.1 Å². The lowest BCUT2D eigenvalue weighted by molar-refractivity contribution is -0.137. The molecule has 2 aromatic rings. The zero-order valence-corrected chi connectivity index (χ0v) is 14.6. The van der Waals surface area contributed by atoms with E-state index in [1.54, 1.807) is 0 Å². The molecular formula is C20H21F3N2O2. The van der Waals surface area contributed by atoms with Crippen molar-refractivity contribution in [3.63, 3.8) is 0 Å². The predicted octanol–water partition coefficient (Wildman–Crippen LogP) is 3.24. The predicted molar refractivity (Wildman–Crippen MR) is 95.7 cm³/mol. The Bertz CT molecular complexity index is 776. The van der Waals surface area contributed by atoms with Gasteiger partial charge in [0, 0.05) is 0 Å². The first-order valence-corrected chi connectivity index (χ1v) is 8.54. The Kier molecular flexibility index (Phi) is 6.98. The van der Waals surface area contributed by atoms with Gasteiger partial charge in [-0.15, -0.1) is 0 Å². The van der Waals surface area contributed by atoms with Crippen LogP contribution in [0.1, 0.15) is 29.5 Å². The molecule has 0 saturated carbocycles. The van der Waals surface area contributed by atoms with Gasteiger partial charge in [-0.05, 0) is 36.5 Å². The first-order chi connectivity index (χ1) is 12.8. The SMILES string of the molecule is NC(=O)[C@H](CCCc1ccccc1)NC(=O)Cc1cccc(C(F)(F)F)c1. The van der Waals surface area contributed by atoms with Gasteiger partial charge in [-0.3, -0.25) is 9.59 Å². The zero-order valence-electron chi connectivity index (χ0n) is 14.6. The number of nitrogens with one attached hydrogen (secondary N) is 1. The van der Waals surface area contributed by atoms with Crippen LogP contribution in [0.3, 0.4) is 0 Å². The van der Waals surface area contributed by atoms with Crippen molar-refractivity contribution in [3.05, 3.63) is 71.3 Å². The Morgan fingerprint density at radius 2 is 1.67 bits per heavy atom. The van der Waals surface area contributed by atoms with Crippen molar-refractivity contribution in [2.45, 2.75) is 37.9 Å². The molecule has 0 saturated heterocycles. The number of hydrogen-bond acceptors (Lipinski definition) is 2. The minimum atomic E-state index is -4.47. The van der Waals surface area contributed by atoms with Gasteiger partial charge in [-0.2, -0.15) is 13.2 Å². The van der Waals surface area contributed by atoms with Gasteiger partial charge in [-0.25, -0.2) is 0 Å². The fourth-order valence-electron chi connectivity index (χ4n) is 2.73. The largest absolute Gasteiger partial charge is 0.416 e. The highest BCUT2D eigenvalue weighted by Gasteiger charge is 2.30. The summed E-state index contributed by atoms with van der Waals surface area (Å²) in [6.45, 7) is 0. The monoisotopic (exact) mass is 378 g/mol. The number of hydrogen-bond donors (Lipinski definition) is 2. The second-order valence-electron chi connectivity index (χ2n) is 6.28. The number of alkyl halides is 3. The van der Waals surface area contributed by atoms with Crippen LogP contribution in [0.25, 0.3) is 0 Å². The van der Waals surface area contributed by atoms with E-state index in [9.17, 15) is 22.8 Å². The molecule has 2 amide bonds. The lowest BCUT2D eigenvalue weighted by Crippen LogP contribution is -2.45. The Morgan fingerprint density at radius 3 is 2.30 bits per heavy atom. The summed E-state index contributed by atoms with van der Waals surface area (Å²) in [4.78, 5) is 23.7. The Labute approximate surface area is 155 Å². The van der Waals surface area contributed by atoms with Gasteiger partial charge in [0.2, 0.25) is 11.8 Å². The Hall–Kier alpha value is -2.83. The average molecular weight is 378 g/mol. The van der Waals surface area contributed by atoms with E-state index in [1.807, 2.05) is 30.3 Å². The standard InChI is InChI=1S/C20H21F3N2O2/c21-20(22,23)16-10-4-9-15(12-16)13-18(26)25-17(19(24)27)11-5-8-14-6-2-1-3-7-14/h1-4,6-7,9-10,12,17H,5,8,11,13H2,(H2,24,27)(H,25,26)/t17-/m0/s1. The number of rotatable bonds is 8. The van der Waals surface area contributed by atoms with E-state index in [0.29, 0.717) is 12.8 Å². The van der Waals surface area contributed by atoms with E-state index in [-0.39, 0.29) is 12.0 Å². The molecule has 1 atom stereocenters. The fraction of sp³-hybridized carbons (Fsp3) is 0.300. The third-order valence-electron chi connectivity index (χ3n) is 4.10. The van der Waals surface area contributed by atoms with Crippen LogP contribution in [0, 0.1) is 0 Å². The number of primary amides is 1. The molecule has 2 rings (SSSR count). The smallest absolute Gasteiger partial charge is 0.368 e. The second-order valence-corrected chi connectivity index (χ2v) is 6.28. The highest BCUT2D eigenvalue weighted by atomic mass is 19.4. The van der Waals surface area contributed by atoms with Crippen LogP contribution in [0.5, 0.6) is 0 Å². The minimum Gasteiger partial charge on any atom is -0.368 e. The van der Waals surface area contributed by atoms with Crippen molar-refractivity contribution in [2.75, 3.05) is 0 Å². The van der Waals surface area contributed by atoms with Crippen molar-refractivity contribution in [3.8, 4) is 0 Å². The van der Waals surface area contributed by atoms with Crippen LogP contribution in [-0.4, -0.2) is 17.9 Å². The molecule has 0 radical (unpaired) electrons. The maximum atomic E-state index is 12.7.